The molecular formula is C8H9F2NO2S. The predicted octanol–water partition coefficient (Wildman–Crippen LogP) is 1.31. The molecule has 14 heavy (non-hydrogen) atoms. The summed E-state index contributed by atoms with van der Waals surface area (Å²) >= 11 is 0. The minimum Gasteiger partial charge on any atom is -0.398 e. The first kappa shape index (κ1) is 10.9. The topological polar surface area (TPSA) is 60.2 Å². The molecule has 0 spiro atoms. The summed E-state index contributed by atoms with van der Waals surface area (Å²) in [6.07, 6.45) is -2.89. The standard InChI is InChI=1S/C8H9F2NO2S/c9-8(10)5-14(12,13)7-4-2-1-3-6(7)11/h1-4,8H,5,11H2. The van der Waals surface area contributed by atoms with Gasteiger partial charge in [-0.3, -0.25) is 0 Å². The van der Waals surface area contributed by atoms with E-state index in [1.165, 1.54) is 24.3 Å². The normalized spacial score (nSPS) is 11.9. The highest BCUT2D eigenvalue weighted by atomic mass is 32.2. The van der Waals surface area contributed by atoms with E-state index in [-0.39, 0.29) is 10.6 Å². The fraction of sp³-hybridized carbons (Fsp3) is 0.250. The zero-order chi connectivity index (χ0) is 10.8. The summed E-state index contributed by atoms with van der Waals surface area (Å²) in [4.78, 5) is -0.236. The fourth-order valence-electron chi connectivity index (χ4n) is 1.02. The van der Waals surface area contributed by atoms with Crippen molar-refractivity contribution in [3.05, 3.63) is 24.3 Å². The van der Waals surface area contributed by atoms with E-state index in [9.17, 15) is 17.2 Å². The summed E-state index contributed by atoms with van der Waals surface area (Å²) in [5, 5.41) is 0. The Morgan fingerprint density at radius 1 is 1.29 bits per heavy atom. The Bertz CT molecular complexity index is 417. The number of sulfone groups is 1. The third-order valence-corrected chi connectivity index (χ3v) is 3.33. The molecule has 0 radical (unpaired) electrons. The maximum Gasteiger partial charge on any atom is 0.252 e. The second-order valence-corrected chi connectivity index (χ2v) is 4.71. The van der Waals surface area contributed by atoms with Crippen LogP contribution in [0.25, 0.3) is 0 Å². The van der Waals surface area contributed by atoms with Gasteiger partial charge < -0.3 is 5.73 Å². The van der Waals surface area contributed by atoms with E-state index >= 15 is 0 Å². The molecule has 0 aliphatic carbocycles. The Labute approximate surface area is 80.5 Å². The molecule has 0 fully saturated rings. The Kier molecular flexibility index (Phi) is 3.05. The number of hydrogen-bond donors (Lipinski definition) is 1. The molecule has 0 aliphatic heterocycles. The molecule has 0 aromatic heterocycles. The minimum atomic E-state index is -3.97. The van der Waals surface area contributed by atoms with Crippen molar-refractivity contribution < 1.29 is 17.2 Å². The zero-order valence-corrected chi connectivity index (χ0v) is 7.97. The maximum absolute atomic E-state index is 11.9. The van der Waals surface area contributed by atoms with E-state index in [4.69, 9.17) is 5.73 Å². The highest BCUT2D eigenvalue weighted by Crippen LogP contribution is 2.20. The van der Waals surface area contributed by atoms with Crippen LogP contribution in [0.4, 0.5) is 14.5 Å². The largest absolute Gasteiger partial charge is 0.398 e. The lowest BCUT2D eigenvalue weighted by atomic mass is 10.3. The van der Waals surface area contributed by atoms with Crippen molar-refractivity contribution in [3.63, 3.8) is 0 Å². The molecule has 78 valence electrons. The molecule has 0 atom stereocenters. The van der Waals surface area contributed by atoms with Gasteiger partial charge in [-0.2, -0.15) is 0 Å². The molecule has 1 rings (SSSR count). The van der Waals surface area contributed by atoms with Crippen molar-refractivity contribution in [2.45, 2.75) is 11.3 Å². The van der Waals surface area contributed by atoms with Crippen LogP contribution in [0.15, 0.2) is 29.2 Å². The van der Waals surface area contributed by atoms with Gasteiger partial charge in [-0.15, -0.1) is 0 Å². The van der Waals surface area contributed by atoms with Crippen molar-refractivity contribution in [1.82, 2.24) is 0 Å². The molecule has 0 saturated heterocycles. The van der Waals surface area contributed by atoms with E-state index in [0.717, 1.165) is 0 Å². The third-order valence-electron chi connectivity index (χ3n) is 1.60. The van der Waals surface area contributed by atoms with Crippen LogP contribution < -0.4 is 5.73 Å². The maximum atomic E-state index is 11.9. The van der Waals surface area contributed by atoms with Gasteiger partial charge in [0.2, 0.25) is 0 Å². The summed E-state index contributed by atoms with van der Waals surface area (Å²) in [5.41, 5.74) is 5.35. The average molecular weight is 221 g/mol. The number of nitrogens with two attached hydrogens (primary N) is 1. The number of alkyl halides is 2. The lowest BCUT2D eigenvalue weighted by molar-refractivity contribution is 0.174. The Balaban J connectivity index is 3.11. The molecule has 0 heterocycles. The van der Waals surface area contributed by atoms with E-state index in [2.05, 4.69) is 0 Å². The average Bonchev–Trinajstić information content (AvgIpc) is 2.02. The quantitative estimate of drug-likeness (QED) is 0.783. The van der Waals surface area contributed by atoms with Gasteiger partial charge in [0.25, 0.3) is 6.43 Å². The molecule has 0 bridgehead atoms. The fourth-order valence-corrected chi connectivity index (χ4v) is 2.24. The van der Waals surface area contributed by atoms with Crippen molar-refractivity contribution >= 4 is 15.5 Å². The van der Waals surface area contributed by atoms with Crippen LogP contribution in [0.2, 0.25) is 0 Å². The first-order chi connectivity index (χ1) is 6.43. The van der Waals surface area contributed by atoms with Crippen LogP contribution >= 0.6 is 0 Å². The van der Waals surface area contributed by atoms with Crippen LogP contribution in [0.5, 0.6) is 0 Å². The van der Waals surface area contributed by atoms with Gasteiger partial charge in [0.05, 0.1) is 10.6 Å². The summed E-state index contributed by atoms with van der Waals surface area (Å²) in [6.45, 7) is 0. The van der Waals surface area contributed by atoms with Crippen LogP contribution in [-0.2, 0) is 9.84 Å². The van der Waals surface area contributed by atoms with E-state index in [1.54, 1.807) is 0 Å². The van der Waals surface area contributed by atoms with Crippen LogP contribution in [0.1, 0.15) is 0 Å². The molecule has 0 aliphatic rings. The predicted molar refractivity (Wildman–Crippen MR) is 48.9 cm³/mol. The Hall–Kier alpha value is -1.17. The summed E-state index contributed by atoms with van der Waals surface area (Å²) < 4.78 is 46.5. The molecular weight excluding hydrogens is 212 g/mol. The molecule has 2 N–H and O–H groups in total. The lowest BCUT2D eigenvalue weighted by Crippen LogP contribution is -2.15. The van der Waals surface area contributed by atoms with Crippen LogP contribution in [-0.4, -0.2) is 20.6 Å². The molecule has 0 saturated carbocycles. The molecule has 0 unspecified atom stereocenters. The lowest BCUT2D eigenvalue weighted by Gasteiger charge is -2.05. The highest BCUT2D eigenvalue weighted by Gasteiger charge is 2.22. The molecule has 0 amide bonds. The second-order valence-electron chi connectivity index (χ2n) is 2.71. The smallest absolute Gasteiger partial charge is 0.252 e. The number of hydrogen-bond acceptors (Lipinski definition) is 3. The van der Waals surface area contributed by atoms with Gasteiger partial charge in [0, 0.05) is 0 Å². The molecule has 1 aromatic rings. The van der Waals surface area contributed by atoms with Gasteiger partial charge >= 0.3 is 0 Å². The molecule has 1 aromatic carbocycles. The number of rotatable bonds is 3. The van der Waals surface area contributed by atoms with Gasteiger partial charge in [-0.05, 0) is 12.1 Å². The van der Waals surface area contributed by atoms with Crippen molar-refractivity contribution in [3.8, 4) is 0 Å². The van der Waals surface area contributed by atoms with E-state index in [1.807, 2.05) is 0 Å². The number of nitrogen functional groups attached to an aromatic ring is 1. The van der Waals surface area contributed by atoms with Crippen molar-refractivity contribution in [2.24, 2.45) is 0 Å². The van der Waals surface area contributed by atoms with Gasteiger partial charge in [-0.1, -0.05) is 12.1 Å². The van der Waals surface area contributed by atoms with Crippen molar-refractivity contribution in [2.75, 3.05) is 11.5 Å². The number of anilines is 1. The number of halogens is 2. The zero-order valence-electron chi connectivity index (χ0n) is 7.15. The summed E-state index contributed by atoms with van der Waals surface area (Å²) in [6, 6.07) is 5.55. The van der Waals surface area contributed by atoms with Gasteiger partial charge in [0.15, 0.2) is 9.84 Å². The van der Waals surface area contributed by atoms with Gasteiger partial charge in [0.1, 0.15) is 5.75 Å². The van der Waals surface area contributed by atoms with Crippen molar-refractivity contribution in [1.29, 1.82) is 0 Å². The van der Waals surface area contributed by atoms with E-state index < -0.39 is 22.0 Å². The van der Waals surface area contributed by atoms with Crippen LogP contribution in [0, 0.1) is 0 Å². The molecule has 3 nitrogen and oxygen atoms in total. The molecule has 6 heteroatoms. The monoisotopic (exact) mass is 221 g/mol. The van der Waals surface area contributed by atoms with Gasteiger partial charge in [-0.25, -0.2) is 17.2 Å². The van der Waals surface area contributed by atoms with Crippen LogP contribution in [0.3, 0.4) is 0 Å². The number of para-hydroxylation sites is 1. The Morgan fingerprint density at radius 3 is 2.36 bits per heavy atom. The highest BCUT2D eigenvalue weighted by molar-refractivity contribution is 7.91. The second kappa shape index (κ2) is 3.91. The Morgan fingerprint density at radius 2 is 1.86 bits per heavy atom. The SMILES string of the molecule is Nc1ccccc1S(=O)(=O)CC(F)F. The first-order valence-corrected chi connectivity index (χ1v) is 5.44. The van der Waals surface area contributed by atoms with E-state index in [0.29, 0.717) is 0 Å². The summed E-state index contributed by atoms with van der Waals surface area (Å²) in [5.74, 6) is -1.19. The third kappa shape index (κ3) is 2.41. The first-order valence-electron chi connectivity index (χ1n) is 3.79. The minimum absolute atomic E-state index is 0.00634. The summed E-state index contributed by atoms with van der Waals surface area (Å²) in [7, 11) is -3.97. The number of benzene rings is 1.